The minimum absolute atomic E-state index is 0.259. The van der Waals surface area contributed by atoms with Crippen LogP contribution in [0.15, 0.2) is 30.3 Å². The average Bonchev–Trinajstić information content (AvgIpc) is 2.87. The van der Waals surface area contributed by atoms with Crippen molar-refractivity contribution in [2.24, 2.45) is 0 Å². The number of hydrogen-bond donors (Lipinski definition) is 4. The second-order valence-corrected chi connectivity index (χ2v) is 4.92. The Bertz CT molecular complexity index is 449. The summed E-state index contributed by atoms with van der Waals surface area (Å²) in [5.74, 6) is -1.60. The van der Waals surface area contributed by atoms with Crippen LogP contribution in [0.4, 0.5) is 0 Å². The fourth-order valence-corrected chi connectivity index (χ4v) is 1.99. The molecule has 1 heterocycles. The maximum Gasteiger partial charge on any atom is 0.320 e. The third-order valence-corrected chi connectivity index (χ3v) is 3.10. The molecule has 4 N–H and O–H groups in total. The quantitative estimate of drug-likeness (QED) is 0.642. The van der Waals surface area contributed by atoms with Crippen molar-refractivity contribution >= 4 is 11.9 Å². The summed E-state index contributed by atoms with van der Waals surface area (Å²) in [6.07, 6.45) is 1.68. The van der Waals surface area contributed by atoms with Gasteiger partial charge in [0.2, 0.25) is 0 Å². The predicted molar refractivity (Wildman–Crippen MR) is 77.1 cm³/mol. The van der Waals surface area contributed by atoms with Crippen LogP contribution >= 0.6 is 0 Å². The first-order valence-electron chi connectivity index (χ1n) is 6.89. The monoisotopic (exact) mass is 295 g/mol. The second kappa shape index (κ2) is 9.10. The smallest absolute Gasteiger partial charge is 0.320 e. The summed E-state index contributed by atoms with van der Waals surface area (Å²) in [7, 11) is 0. The standard InChI is InChI=1S/C10H12O2.C5H9NO3/c11-10(12)8-4-7-9-5-2-1-3-6-9;7-3-1-4(5(8)9)6-2-3/h1-3,5-6H,4,7-8H2,(H,11,12);3-4,6-7H,1-2H2,(H,8,9)/t;3-,4+/m.1/s1. The first-order chi connectivity index (χ1) is 9.99. The molecule has 0 bridgehead atoms. The number of aliphatic hydroxyl groups excluding tert-OH is 1. The van der Waals surface area contributed by atoms with Gasteiger partial charge in [-0.3, -0.25) is 9.59 Å². The predicted octanol–water partition coefficient (Wildman–Crippen LogP) is 0.888. The number of hydrogen-bond acceptors (Lipinski definition) is 4. The minimum atomic E-state index is -0.883. The highest BCUT2D eigenvalue weighted by Gasteiger charge is 2.27. The van der Waals surface area contributed by atoms with Gasteiger partial charge in [0.25, 0.3) is 0 Å². The Morgan fingerprint density at radius 2 is 1.86 bits per heavy atom. The number of carboxylic acids is 2. The SMILES string of the molecule is O=C(O)CCCc1ccccc1.O=C(O)[C@@H]1C[C@@H](O)CN1. The van der Waals surface area contributed by atoms with Crippen molar-refractivity contribution in [3.05, 3.63) is 35.9 Å². The number of aliphatic carboxylic acids is 2. The van der Waals surface area contributed by atoms with Gasteiger partial charge in [0.1, 0.15) is 6.04 Å². The first kappa shape index (κ1) is 17.1. The third-order valence-electron chi connectivity index (χ3n) is 3.10. The Labute approximate surface area is 123 Å². The fourth-order valence-electron chi connectivity index (χ4n) is 1.99. The molecular weight excluding hydrogens is 274 g/mol. The van der Waals surface area contributed by atoms with Crippen molar-refractivity contribution in [2.75, 3.05) is 6.54 Å². The topological polar surface area (TPSA) is 107 Å². The average molecular weight is 295 g/mol. The lowest BCUT2D eigenvalue weighted by molar-refractivity contribution is -0.139. The molecule has 6 nitrogen and oxygen atoms in total. The number of nitrogens with one attached hydrogen (secondary N) is 1. The van der Waals surface area contributed by atoms with E-state index in [1.165, 1.54) is 5.56 Å². The number of β-amino-alcohol motifs (C(OH)–C–C–N with tert-alkyl or cyclic N) is 1. The van der Waals surface area contributed by atoms with E-state index in [9.17, 15) is 9.59 Å². The Balaban J connectivity index is 0.000000219. The number of aliphatic hydroxyl groups is 1. The molecule has 0 unspecified atom stereocenters. The molecule has 1 aromatic carbocycles. The molecule has 2 atom stereocenters. The van der Waals surface area contributed by atoms with Crippen molar-refractivity contribution in [1.82, 2.24) is 5.32 Å². The zero-order valence-corrected chi connectivity index (χ0v) is 11.7. The van der Waals surface area contributed by atoms with Gasteiger partial charge < -0.3 is 20.6 Å². The van der Waals surface area contributed by atoms with Crippen LogP contribution < -0.4 is 5.32 Å². The van der Waals surface area contributed by atoms with E-state index >= 15 is 0 Å². The fraction of sp³-hybridized carbons (Fsp3) is 0.467. The number of carbonyl (C=O) groups is 2. The molecule has 0 aliphatic carbocycles. The van der Waals surface area contributed by atoms with Crippen LogP contribution in [0.25, 0.3) is 0 Å². The maximum atomic E-state index is 10.2. The van der Waals surface area contributed by atoms with Crippen molar-refractivity contribution in [2.45, 2.75) is 37.8 Å². The van der Waals surface area contributed by atoms with Gasteiger partial charge in [-0.25, -0.2) is 0 Å². The van der Waals surface area contributed by atoms with Crippen LogP contribution in [0.1, 0.15) is 24.8 Å². The Morgan fingerprint density at radius 1 is 1.19 bits per heavy atom. The zero-order valence-electron chi connectivity index (χ0n) is 11.7. The highest BCUT2D eigenvalue weighted by molar-refractivity contribution is 5.73. The summed E-state index contributed by atoms with van der Waals surface area (Å²) in [4.78, 5) is 20.4. The summed E-state index contributed by atoms with van der Waals surface area (Å²) >= 11 is 0. The molecule has 0 radical (unpaired) electrons. The van der Waals surface area contributed by atoms with Crippen molar-refractivity contribution in [1.29, 1.82) is 0 Å². The molecule has 1 saturated heterocycles. The molecule has 6 heteroatoms. The molecule has 0 spiro atoms. The van der Waals surface area contributed by atoms with Gasteiger partial charge in [-0.2, -0.15) is 0 Å². The molecule has 2 rings (SSSR count). The van der Waals surface area contributed by atoms with Gasteiger partial charge >= 0.3 is 11.9 Å². The van der Waals surface area contributed by atoms with E-state index in [0.29, 0.717) is 13.0 Å². The van der Waals surface area contributed by atoms with E-state index in [2.05, 4.69) is 5.32 Å². The first-order valence-corrected chi connectivity index (χ1v) is 6.89. The molecular formula is C15H21NO5. The number of rotatable bonds is 5. The van der Waals surface area contributed by atoms with Gasteiger partial charge in [0, 0.05) is 19.4 Å². The van der Waals surface area contributed by atoms with E-state index < -0.39 is 24.1 Å². The van der Waals surface area contributed by atoms with Crippen LogP contribution in [0.2, 0.25) is 0 Å². The van der Waals surface area contributed by atoms with Gasteiger partial charge in [0.15, 0.2) is 0 Å². The van der Waals surface area contributed by atoms with Crippen LogP contribution in [-0.2, 0) is 16.0 Å². The molecule has 0 aromatic heterocycles. The Morgan fingerprint density at radius 3 is 2.29 bits per heavy atom. The number of benzene rings is 1. The Hall–Kier alpha value is -1.92. The van der Waals surface area contributed by atoms with Crippen LogP contribution in [0.3, 0.4) is 0 Å². The molecule has 1 fully saturated rings. The summed E-state index contributed by atoms with van der Waals surface area (Å²) in [5.41, 5.74) is 1.21. The van der Waals surface area contributed by atoms with E-state index in [1.807, 2.05) is 30.3 Å². The molecule has 21 heavy (non-hydrogen) atoms. The van der Waals surface area contributed by atoms with Crippen molar-refractivity contribution < 1.29 is 24.9 Å². The zero-order chi connectivity index (χ0) is 15.7. The number of carboxylic acid groups (broad SMARTS) is 2. The van der Waals surface area contributed by atoms with Crippen LogP contribution in [0.5, 0.6) is 0 Å². The maximum absolute atomic E-state index is 10.2. The van der Waals surface area contributed by atoms with Gasteiger partial charge in [-0.05, 0) is 18.4 Å². The molecule has 116 valence electrons. The van der Waals surface area contributed by atoms with Gasteiger partial charge in [-0.15, -0.1) is 0 Å². The highest BCUT2D eigenvalue weighted by atomic mass is 16.4. The van der Waals surface area contributed by atoms with E-state index in [1.54, 1.807) is 0 Å². The van der Waals surface area contributed by atoms with Gasteiger partial charge in [0.05, 0.1) is 6.10 Å². The van der Waals surface area contributed by atoms with E-state index in [0.717, 1.165) is 12.8 Å². The van der Waals surface area contributed by atoms with E-state index in [4.69, 9.17) is 15.3 Å². The highest BCUT2D eigenvalue weighted by Crippen LogP contribution is 2.05. The summed E-state index contributed by atoms with van der Waals surface area (Å²) < 4.78 is 0. The summed E-state index contributed by atoms with van der Waals surface area (Å²) in [6, 6.07) is 9.39. The molecule has 1 aromatic rings. The lowest BCUT2D eigenvalue weighted by Gasteiger charge is -1.99. The summed E-state index contributed by atoms with van der Waals surface area (Å²) in [6.45, 7) is 0.400. The molecule has 0 amide bonds. The Kier molecular flexibility index (Phi) is 7.42. The van der Waals surface area contributed by atoms with E-state index in [-0.39, 0.29) is 6.42 Å². The molecule has 1 aliphatic rings. The third kappa shape index (κ3) is 7.43. The largest absolute Gasteiger partial charge is 0.481 e. The van der Waals surface area contributed by atoms with Crippen molar-refractivity contribution in [3.8, 4) is 0 Å². The lowest BCUT2D eigenvalue weighted by atomic mass is 10.1. The van der Waals surface area contributed by atoms with Gasteiger partial charge in [-0.1, -0.05) is 30.3 Å². The normalized spacial score (nSPS) is 20.4. The van der Waals surface area contributed by atoms with Crippen LogP contribution in [0, 0.1) is 0 Å². The van der Waals surface area contributed by atoms with Crippen LogP contribution in [-0.4, -0.2) is 45.9 Å². The molecule has 0 saturated carbocycles. The minimum Gasteiger partial charge on any atom is -0.481 e. The van der Waals surface area contributed by atoms with Crippen molar-refractivity contribution in [3.63, 3.8) is 0 Å². The second-order valence-electron chi connectivity index (χ2n) is 4.92. The molecule has 1 aliphatic heterocycles. The summed E-state index contributed by atoms with van der Waals surface area (Å²) in [5, 5.41) is 28.2. The lowest BCUT2D eigenvalue weighted by Crippen LogP contribution is -2.29. The number of aryl methyl sites for hydroxylation is 1.